The Labute approximate surface area is 160 Å². The summed E-state index contributed by atoms with van der Waals surface area (Å²) in [4.78, 5) is 34.5. The maximum Gasteiger partial charge on any atom is 0.338 e. The fourth-order valence-corrected chi connectivity index (χ4v) is 2.48. The Morgan fingerprint density at radius 1 is 1.22 bits per heavy atom. The number of ether oxygens (including phenoxy) is 1. The number of nitro benzene ring substituents is 1. The Balaban J connectivity index is 1.94. The molecule has 0 saturated heterocycles. The molecule has 0 bridgehead atoms. The van der Waals surface area contributed by atoms with Gasteiger partial charge in [0.15, 0.2) is 6.61 Å². The fourth-order valence-electron chi connectivity index (χ4n) is 2.35. The Kier molecular flexibility index (Phi) is 6.73. The normalized spacial score (nSPS) is 11.4. The molecule has 0 aliphatic rings. The fraction of sp³-hybridized carbons (Fsp3) is 0.222. The van der Waals surface area contributed by atoms with E-state index in [4.69, 9.17) is 16.3 Å². The van der Waals surface area contributed by atoms with E-state index in [0.717, 1.165) is 11.6 Å². The van der Waals surface area contributed by atoms with Crippen LogP contribution in [0.4, 0.5) is 11.4 Å². The van der Waals surface area contributed by atoms with E-state index in [9.17, 15) is 19.7 Å². The van der Waals surface area contributed by atoms with E-state index in [1.54, 1.807) is 31.2 Å². The summed E-state index contributed by atoms with van der Waals surface area (Å²) in [5, 5.41) is 17.0. The van der Waals surface area contributed by atoms with Crippen molar-refractivity contribution in [1.29, 1.82) is 0 Å². The molecule has 142 valence electrons. The van der Waals surface area contributed by atoms with Crippen LogP contribution in [0.25, 0.3) is 0 Å². The van der Waals surface area contributed by atoms with Crippen LogP contribution in [0.2, 0.25) is 5.02 Å². The summed E-state index contributed by atoms with van der Waals surface area (Å²) in [5.41, 5.74) is 0.843. The number of benzene rings is 2. The van der Waals surface area contributed by atoms with Gasteiger partial charge in [0.1, 0.15) is 5.69 Å². The van der Waals surface area contributed by atoms with Gasteiger partial charge >= 0.3 is 5.97 Å². The minimum absolute atomic E-state index is 0.0146. The highest BCUT2D eigenvalue weighted by atomic mass is 35.5. The Hall–Kier alpha value is -3.13. The lowest BCUT2D eigenvalue weighted by Crippen LogP contribution is -2.31. The number of carbonyl (C=O) groups excluding carboxylic acids is 2. The van der Waals surface area contributed by atoms with E-state index >= 15 is 0 Å². The van der Waals surface area contributed by atoms with Gasteiger partial charge in [0.2, 0.25) is 0 Å². The second-order valence-corrected chi connectivity index (χ2v) is 6.09. The first-order valence-electron chi connectivity index (χ1n) is 8.00. The van der Waals surface area contributed by atoms with E-state index in [0.29, 0.717) is 5.02 Å². The molecule has 0 aromatic heterocycles. The molecule has 9 heteroatoms. The zero-order chi connectivity index (χ0) is 20.0. The van der Waals surface area contributed by atoms with Gasteiger partial charge < -0.3 is 15.4 Å². The van der Waals surface area contributed by atoms with Crippen LogP contribution in [-0.2, 0) is 9.53 Å². The van der Waals surface area contributed by atoms with Gasteiger partial charge in [-0.2, -0.15) is 0 Å². The van der Waals surface area contributed by atoms with Crippen LogP contribution in [-0.4, -0.2) is 30.5 Å². The largest absolute Gasteiger partial charge is 0.452 e. The third-order valence-electron chi connectivity index (χ3n) is 3.78. The van der Waals surface area contributed by atoms with E-state index < -0.39 is 23.4 Å². The molecular formula is C18H18ClN3O5. The molecule has 2 rings (SSSR count). The highest BCUT2D eigenvalue weighted by Gasteiger charge is 2.19. The van der Waals surface area contributed by atoms with Gasteiger partial charge in [-0.05, 0) is 36.8 Å². The second-order valence-electron chi connectivity index (χ2n) is 5.66. The summed E-state index contributed by atoms with van der Waals surface area (Å²) in [6, 6.07) is 10.6. The molecule has 1 atom stereocenters. The van der Waals surface area contributed by atoms with Gasteiger partial charge in [0.25, 0.3) is 11.6 Å². The average Bonchev–Trinajstić information content (AvgIpc) is 2.65. The lowest BCUT2D eigenvalue weighted by Gasteiger charge is -2.14. The second kappa shape index (κ2) is 9.00. The lowest BCUT2D eigenvalue weighted by molar-refractivity contribution is -0.384. The minimum Gasteiger partial charge on any atom is -0.452 e. The number of amides is 1. The topological polar surface area (TPSA) is 111 Å². The summed E-state index contributed by atoms with van der Waals surface area (Å²) < 4.78 is 4.94. The van der Waals surface area contributed by atoms with Crippen LogP contribution in [0.15, 0.2) is 42.5 Å². The van der Waals surface area contributed by atoms with E-state index in [1.807, 2.05) is 0 Å². The van der Waals surface area contributed by atoms with Crippen molar-refractivity contribution in [2.45, 2.75) is 13.0 Å². The van der Waals surface area contributed by atoms with E-state index in [2.05, 4.69) is 10.6 Å². The van der Waals surface area contributed by atoms with Crippen molar-refractivity contribution in [2.75, 3.05) is 19.0 Å². The standard InChI is InChI=1S/C18H18ClN3O5/c1-11(12-3-6-14(19)7-4-12)21-17(23)10-27-18(24)13-5-8-15(20-2)16(9-13)22(25)26/h3-9,11,20H,10H2,1-2H3,(H,21,23). The van der Waals surface area contributed by atoms with Gasteiger partial charge in [-0.25, -0.2) is 4.79 Å². The molecule has 2 aromatic carbocycles. The summed E-state index contributed by atoms with van der Waals surface area (Å²) in [6.45, 7) is 1.28. The monoisotopic (exact) mass is 391 g/mol. The summed E-state index contributed by atoms with van der Waals surface area (Å²) >= 11 is 5.82. The SMILES string of the molecule is CNc1ccc(C(=O)OCC(=O)NC(C)c2ccc(Cl)cc2)cc1[N+](=O)[O-]. The molecule has 0 spiro atoms. The summed E-state index contributed by atoms with van der Waals surface area (Å²) in [5.74, 6) is -1.32. The number of hydrogen-bond acceptors (Lipinski definition) is 6. The minimum atomic E-state index is -0.824. The quantitative estimate of drug-likeness (QED) is 0.425. The Morgan fingerprint density at radius 2 is 1.89 bits per heavy atom. The third kappa shape index (κ3) is 5.42. The van der Waals surface area contributed by atoms with Crippen molar-refractivity contribution in [1.82, 2.24) is 5.32 Å². The van der Waals surface area contributed by atoms with Crippen LogP contribution in [0.1, 0.15) is 28.9 Å². The third-order valence-corrected chi connectivity index (χ3v) is 4.03. The first kappa shape index (κ1) is 20.2. The number of nitro groups is 1. The molecular weight excluding hydrogens is 374 g/mol. The van der Waals surface area contributed by atoms with Crippen molar-refractivity contribution in [2.24, 2.45) is 0 Å². The maximum atomic E-state index is 12.1. The lowest BCUT2D eigenvalue weighted by atomic mass is 10.1. The molecule has 1 amide bonds. The summed E-state index contributed by atoms with van der Waals surface area (Å²) in [7, 11) is 1.53. The number of nitrogens with one attached hydrogen (secondary N) is 2. The first-order chi connectivity index (χ1) is 12.8. The number of carbonyl (C=O) groups is 2. The van der Waals surface area contributed by atoms with Gasteiger partial charge in [-0.15, -0.1) is 0 Å². The number of esters is 1. The average molecular weight is 392 g/mol. The predicted molar refractivity (Wildman–Crippen MR) is 101 cm³/mol. The van der Waals surface area contributed by atoms with Gasteiger partial charge in [0, 0.05) is 18.1 Å². The Bertz CT molecular complexity index is 855. The first-order valence-corrected chi connectivity index (χ1v) is 8.37. The van der Waals surface area contributed by atoms with Crippen molar-refractivity contribution in [3.05, 3.63) is 68.7 Å². The summed E-state index contributed by atoms with van der Waals surface area (Å²) in [6.07, 6.45) is 0. The molecule has 0 radical (unpaired) electrons. The predicted octanol–water partition coefficient (Wildman–Crippen LogP) is 3.32. The smallest absolute Gasteiger partial charge is 0.338 e. The molecule has 8 nitrogen and oxygen atoms in total. The number of rotatable bonds is 7. The van der Waals surface area contributed by atoms with Crippen molar-refractivity contribution < 1.29 is 19.2 Å². The molecule has 0 saturated carbocycles. The van der Waals surface area contributed by atoms with E-state index in [-0.39, 0.29) is 23.0 Å². The molecule has 27 heavy (non-hydrogen) atoms. The highest BCUT2D eigenvalue weighted by molar-refractivity contribution is 6.30. The van der Waals surface area contributed by atoms with Crippen LogP contribution in [0.5, 0.6) is 0 Å². The molecule has 2 N–H and O–H groups in total. The zero-order valence-electron chi connectivity index (χ0n) is 14.7. The van der Waals surface area contributed by atoms with Gasteiger partial charge in [0.05, 0.1) is 16.5 Å². The molecule has 0 heterocycles. The van der Waals surface area contributed by atoms with Crippen molar-refractivity contribution in [3.8, 4) is 0 Å². The van der Waals surface area contributed by atoms with Gasteiger partial charge in [-0.3, -0.25) is 14.9 Å². The van der Waals surface area contributed by atoms with Crippen molar-refractivity contribution >= 4 is 34.9 Å². The molecule has 0 aliphatic heterocycles. The number of anilines is 1. The van der Waals surface area contributed by atoms with Gasteiger partial charge in [-0.1, -0.05) is 23.7 Å². The zero-order valence-corrected chi connectivity index (χ0v) is 15.4. The number of hydrogen-bond donors (Lipinski definition) is 2. The molecule has 0 fully saturated rings. The molecule has 1 unspecified atom stereocenters. The highest BCUT2D eigenvalue weighted by Crippen LogP contribution is 2.25. The Morgan fingerprint density at radius 3 is 2.48 bits per heavy atom. The van der Waals surface area contributed by atoms with Crippen LogP contribution < -0.4 is 10.6 Å². The number of nitrogens with zero attached hydrogens (tertiary/aromatic N) is 1. The maximum absolute atomic E-state index is 12.1. The van der Waals surface area contributed by atoms with Crippen molar-refractivity contribution in [3.63, 3.8) is 0 Å². The van der Waals surface area contributed by atoms with Crippen LogP contribution >= 0.6 is 11.6 Å². The molecule has 0 aliphatic carbocycles. The van der Waals surface area contributed by atoms with Crippen LogP contribution in [0.3, 0.4) is 0 Å². The molecule has 2 aromatic rings. The van der Waals surface area contributed by atoms with Crippen LogP contribution in [0, 0.1) is 10.1 Å². The van der Waals surface area contributed by atoms with E-state index in [1.165, 1.54) is 19.2 Å². The number of halogens is 1.